The zero-order valence-corrected chi connectivity index (χ0v) is 10.3. The quantitative estimate of drug-likeness (QED) is 0.834. The number of fused-ring (bicyclic) bond motifs is 1. The van der Waals surface area contributed by atoms with Crippen molar-refractivity contribution >= 4 is 17.4 Å². The van der Waals surface area contributed by atoms with Gasteiger partial charge in [0, 0.05) is 11.3 Å². The van der Waals surface area contributed by atoms with Crippen molar-refractivity contribution in [3.8, 4) is 0 Å². The Kier molecular flexibility index (Phi) is 2.88. The van der Waals surface area contributed by atoms with Crippen LogP contribution in [0.15, 0.2) is 54.6 Å². The Morgan fingerprint density at radius 2 is 1.68 bits per heavy atom. The van der Waals surface area contributed by atoms with E-state index < -0.39 is 5.92 Å². The fourth-order valence-electron chi connectivity index (χ4n) is 2.40. The first kappa shape index (κ1) is 11.7. The Labute approximate surface area is 111 Å². The fourth-order valence-corrected chi connectivity index (χ4v) is 2.40. The van der Waals surface area contributed by atoms with Gasteiger partial charge in [-0.3, -0.25) is 9.59 Å². The monoisotopic (exact) mass is 251 g/mol. The van der Waals surface area contributed by atoms with E-state index in [4.69, 9.17) is 0 Å². The van der Waals surface area contributed by atoms with Gasteiger partial charge in [0.05, 0.1) is 0 Å². The molecule has 1 atom stereocenters. The van der Waals surface area contributed by atoms with Gasteiger partial charge in [0.15, 0.2) is 5.78 Å². The molecule has 0 aromatic heterocycles. The third-order valence-corrected chi connectivity index (χ3v) is 3.38. The number of para-hydroxylation sites is 1. The highest BCUT2D eigenvalue weighted by Gasteiger charge is 2.35. The molecule has 2 aromatic rings. The predicted molar refractivity (Wildman–Crippen MR) is 73.0 cm³/mol. The number of anilines is 1. The second-order valence-electron chi connectivity index (χ2n) is 4.63. The number of Topliss-reactive ketones (excluding diaryl/α,β-unsaturated/α-hetero) is 1. The molecule has 0 saturated carbocycles. The molecule has 1 aliphatic rings. The number of rotatable bonds is 2. The molecule has 0 saturated heterocycles. The van der Waals surface area contributed by atoms with E-state index in [-0.39, 0.29) is 11.7 Å². The zero-order chi connectivity index (χ0) is 13.2. The molecule has 94 valence electrons. The number of hydrogen-bond acceptors (Lipinski definition) is 2. The summed E-state index contributed by atoms with van der Waals surface area (Å²) in [6.45, 7) is 0. The summed E-state index contributed by atoms with van der Waals surface area (Å²) in [6, 6.07) is 16.6. The first-order chi connectivity index (χ1) is 9.25. The molecule has 1 amide bonds. The van der Waals surface area contributed by atoms with Crippen molar-refractivity contribution in [2.75, 3.05) is 5.32 Å². The Hall–Kier alpha value is -2.42. The van der Waals surface area contributed by atoms with Gasteiger partial charge in [-0.2, -0.15) is 0 Å². The second kappa shape index (κ2) is 4.69. The maximum absolute atomic E-state index is 12.2. The van der Waals surface area contributed by atoms with Crippen LogP contribution in [-0.4, -0.2) is 11.7 Å². The van der Waals surface area contributed by atoms with Gasteiger partial charge in [0.2, 0.25) is 5.91 Å². The summed E-state index contributed by atoms with van der Waals surface area (Å²) < 4.78 is 0. The SMILES string of the molecule is O=C(Nc1ccccc1)C1Cc2ccccc2C1=O. The minimum atomic E-state index is -0.599. The third kappa shape index (κ3) is 2.15. The lowest BCUT2D eigenvalue weighted by Gasteiger charge is -2.09. The van der Waals surface area contributed by atoms with Gasteiger partial charge >= 0.3 is 0 Å². The van der Waals surface area contributed by atoms with Crippen LogP contribution >= 0.6 is 0 Å². The largest absolute Gasteiger partial charge is 0.325 e. The molecule has 19 heavy (non-hydrogen) atoms. The van der Waals surface area contributed by atoms with Crippen LogP contribution in [0.1, 0.15) is 15.9 Å². The molecule has 0 aliphatic heterocycles. The minimum absolute atomic E-state index is 0.0796. The molecular weight excluding hydrogens is 238 g/mol. The van der Waals surface area contributed by atoms with Gasteiger partial charge in [-0.1, -0.05) is 42.5 Å². The van der Waals surface area contributed by atoms with Gasteiger partial charge in [0.25, 0.3) is 0 Å². The van der Waals surface area contributed by atoms with E-state index in [0.29, 0.717) is 12.0 Å². The topological polar surface area (TPSA) is 46.2 Å². The van der Waals surface area contributed by atoms with Crippen molar-refractivity contribution in [3.63, 3.8) is 0 Å². The van der Waals surface area contributed by atoms with Gasteiger partial charge < -0.3 is 5.32 Å². The van der Waals surface area contributed by atoms with E-state index in [1.807, 2.05) is 48.5 Å². The van der Waals surface area contributed by atoms with Gasteiger partial charge in [-0.05, 0) is 24.1 Å². The number of ketones is 1. The first-order valence-electron chi connectivity index (χ1n) is 6.24. The average molecular weight is 251 g/mol. The molecule has 0 fully saturated rings. The molecule has 0 radical (unpaired) electrons. The molecule has 0 heterocycles. The highest BCUT2D eigenvalue weighted by atomic mass is 16.2. The van der Waals surface area contributed by atoms with Crippen LogP contribution in [0.3, 0.4) is 0 Å². The minimum Gasteiger partial charge on any atom is -0.325 e. The molecular formula is C16H13NO2. The molecule has 1 N–H and O–H groups in total. The Morgan fingerprint density at radius 3 is 2.42 bits per heavy atom. The summed E-state index contributed by atoms with van der Waals surface area (Å²) in [4.78, 5) is 24.3. The second-order valence-corrected chi connectivity index (χ2v) is 4.63. The Morgan fingerprint density at radius 1 is 1.00 bits per heavy atom. The number of carbonyl (C=O) groups is 2. The summed E-state index contributed by atoms with van der Waals surface area (Å²) in [5.74, 6) is -0.908. The van der Waals surface area contributed by atoms with Crippen LogP contribution in [0.5, 0.6) is 0 Å². The predicted octanol–water partition coefficient (Wildman–Crippen LogP) is 2.68. The molecule has 3 nitrogen and oxygen atoms in total. The van der Waals surface area contributed by atoms with Gasteiger partial charge in [0.1, 0.15) is 5.92 Å². The highest BCUT2D eigenvalue weighted by molar-refractivity contribution is 6.16. The van der Waals surface area contributed by atoms with Crippen molar-refractivity contribution in [2.45, 2.75) is 6.42 Å². The van der Waals surface area contributed by atoms with Crippen molar-refractivity contribution in [3.05, 3.63) is 65.7 Å². The van der Waals surface area contributed by atoms with Crippen molar-refractivity contribution in [2.24, 2.45) is 5.92 Å². The van der Waals surface area contributed by atoms with Gasteiger partial charge in [-0.25, -0.2) is 0 Å². The Bertz CT molecular complexity index is 634. The van der Waals surface area contributed by atoms with Crippen LogP contribution < -0.4 is 5.32 Å². The van der Waals surface area contributed by atoms with E-state index >= 15 is 0 Å². The highest BCUT2D eigenvalue weighted by Crippen LogP contribution is 2.27. The number of nitrogens with one attached hydrogen (secondary N) is 1. The molecule has 1 aliphatic carbocycles. The van der Waals surface area contributed by atoms with Crippen molar-refractivity contribution in [1.82, 2.24) is 0 Å². The molecule has 1 unspecified atom stereocenters. The van der Waals surface area contributed by atoms with Crippen LogP contribution in [0.2, 0.25) is 0 Å². The van der Waals surface area contributed by atoms with Crippen LogP contribution in [0, 0.1) is 5.92 Å². The molecule has 0 bridgehead atoms. The van der Waals surface area contributed by atoms with Crippen LogP contribution in [0.4, 0.5) is 5.69 Å². The summed E-state index contributed by atoms with van der Waals surface area (Å²) in [5.41, 5.74) is 2.35. The summed E-state index contributed by atoms with van der Waals surface area (Å²) >= 11 is 0. The van der Waals surface area contributed by atoms with E-state index in [1.165, 1.54) is 0 Å². The van der Waals surface area contributed by atoms with Crippen molar-refractivity contribution < 1.29 is 9.59 Å². The van der Waals surface area contributed by atoms with E-state index in [1.54, 1.807) is 6.07 Å². The fraction of sp³-hybridized carbons (Fsp3) is 0.125. The lowest BCUT2D eigenvalue weighted by molar-refractivity contribution is -0.118. The van der Waals surface area contributed by atoms with E-state index in [2.05, 4.69) is 5.32 Å². The molecule has 3 heteroatoms. The number of benzene rings is 2. The number of amides is 1. The first-order valence-corrected chi connectivity index (χ1v) is 6.24. The smallest absolute Gasteiger partial charge is 0.235 e. The van der Waals surface area contributed by atoms with E-state index in [9.17, 15) is 9.59 Å². The maximum atomic E-state index is 12.2. The van der Waals surface area contributed by atoms with Crippen LogP contribution in [-0.2, 0) is 11.2 Å². The zero-order valence-electron chi connectivity index (χ0n) is 10.3. The van der Waals surface area contributed by atoms with E-state index in [0.717, 1.165) is 11.3 Å². The van der Waals surface area contributed by atoms with Crippen molar-refractivity contribution in [1.29, 1.82) is 0 Å². The lowest BCUT2D eigenvalue weighted by atomic mass is 10.0. The number of carbonyl (C=O) groups excluding carboxylic acids is 2. The van der Waals surface area contributed by atoms with Gasteiger partial charge in [-0.15, -0.1) is 0 Å². The van der Waals surface area contributed by atoms with Crippen LogP contribution in [0.25, 0.3) is 0 Å². The molecule has 3 rings (SSSR count). The summed E-state index contributed by atoms with van der Waals surface area (Å²) in [7, 11) is 0. The lowest BCUT2D eigenvalue weighted by Crippen LogP contribution is -2.27. The summed E-state index contributed by atoms with van der Waals surface area (Å²) in [6.07, 6.45) is 0.494. The summed E-state index contributed by atoms with van der Waals surface area (Å²) in [5, 5.41) is 2.79. The molecule has 2 aromatic carbocycles. The molecule has 0 spiro atoms. The average Bonchev–Trinajstić information content (AvgIpc) is 2.78. The number of hydrogen-bond donors (Lipinski definition) is 1. The normalized spacial score (nSPS) is 17.1. The Balaban J connectivity index is 1.79. The third-order valence-electron chi connectivity index (χ3n) is 3.38. The standard InChI is InChI=1S/C16H13NO2/c18-15-13-9-5-4-6-11(13)10-14(15)16(19)17-12-7-2-1-3-8-12/h1-9,14H,10H2,(H,17,19). The maximum Gasteiger partial charge on any atom is 0.235 e.